The molecule has 3 rings (SSSR count). The van der Waals surface area contributed by atoms with Gasteiger partial charge >= 0.3 is 11.9 Å². The summed E-state index contributed by atoms with van der Waals surface area (Å²) in [6.07, 6.45) is 7.88. The highest BCUT2D eigenvalue weighted by molar-refractivity contribution is 5.88. The van der Waals surface area contributed by atoms with Crippen LogP contribution in [0.1, 0.15) is 59.3 Å². The van der Waals surface area contributed by atoms with Crippen LogP contribution in [-0.4, -0.2) is 17.5 Å². The molecule has 0 aromatic heterocycles. The lowest BCUT2D eigenvalue weighted by molar-refractivity contribution is -0.179. The van der Waals surface area contributed by atoms with Crippen molar-refractivity contribution in [2.45, 2.75) is 64.9 Å². The second-order valence-corrected chi connectivity index (χ2v) is 7.88. The Morgan fingerprint density at radius 2 is 2.12 bits per heavy atom. The SMILES string of the molecule is C=C(C)C(=O)OC1=CC(C(=O)OC2(C(C)CC)CC3CCC2C3)C1. The van der Waals surface area contributed by atoms with E-state index in [0.717, 1.165) is 18.8 Å². The highest BCUT2D eigenvalue weighted by Gasteiger charge is 2.56. The Morgan fingerprint density at radius 3 is 2.62 bits per heavy atom. The van der Waals surface area contributed by atoms with Gasteiger partial charge in [0.15, 0.2) is 0 Å². The molecular weight excluding hydrogens is 304 g/mol. The number of carbonyl (C=O) groups is 2. The molecule has 5 atom stereocenters. The molecule has 4 nitrogen and oxygen atoms in total. The molecule has 0 radical (unpaired) electrons. The Hall–Kier alpha value is -1.58. The van der Waals surface area contributed by atoms with Gasteiger partial charge in [-0.2, -0.15) is 0 Å². The fourth-order valence-corrected chi connectivity index (χ4v) is 4.60. The first-order valence-corrected chi connectivity index (χ1v) is 9.17. The molecule has 3 aliphatic carbocycles. The zero-order chi connectivity index (χ0) is 17.5. The van der Waals surface area contributed by atoms with Crippen LogP contribution in [0.3, 0.4) is 0 Å². The third-order valence-electron chi connectivity index (χ3n) is 6.26. The summed E-state index contributed by atoms with van der Waals surface area (Å²) < 4.78 is 11.3. The Morgan fingerprint density at radius 1 is 1.42 bits per heavy atom. The van der Waals surface area contributed by atoms with E-state index in [0.29, 0.717) is 29.6 Å². The van der Waals surface area contributed by atoms with Crippen LogP contribution >= 0.6 is 0 Å². The Bertz CT molecular complexity index is 590. The molecule has 3 aliphatic rings. The van der Waals surface area contributed by atoms with Crippen molar-refractivity contribution in [3.05, 3.63) is 24.0 Å². The second-order valence-electron chi connectivity index (χ2n) is 7.88. The molecule has 0 aliphatic heterocycles. The zero-order valence-corrected chi connectivity index (χ0v) is 15.0. The van der Waals surface area contributed by atoms with Gasteiger partial charge in [0.05, 0.1) is 5.92 Å². The summed E-state index contributed by atoms with van der Waals surface area (Å²) in [5, 5.41) is 0. The van der Waals surface area contributed by atoms with Crippen LogP contribution in [-0.2, 0) is 19.1 Å². The van der Waals surface area contributed by atoms with E-state index in [1.54, 1.807) is 13.0 Å². The van der Waals surface area contributed by atoms with Crippen LogP contribution < -0.4 is 0 Å². The van der Waals surface area contributed by atoms with Crippen molar-refractivity contribution in [2.75, 3.05) is 0 Å². The fraction of sp³-hybridized carbons (Fsp3) is 0.700. The fourth-order valence-electron chi connectivity index (χ4n) is 4.60. The van der Waals surface area contributed by atoms with E-state index < -0.39 is 5.97 Å². The van der Waals surface area contributed by atoms with Gasteiger partial charge in [-0.15, -0.1) is 0 Å². The highest BCUT2D eigenvalue weighted by atomic mass is 16.6. The number of fused-ring (bicyclic) bond motifs is 2. The van der Waals surface area contributed by atoms with E-state index in [4.69, 9.17) is 9.47 Å². The van der Waals surface area contributed by atoms with E-state index >= 15 is 0 Å². The number of esters is 2. The maximum Gasteiger partial charge on any atom is 0.338 e. The minimum atomic E-state index is -0.433. The number of carbonyl (C=O) groups excluding carboxylic acids is 2. The lowest BCUT2D eigenvalue weighted by Gasteiger charge is -2.43. The Kier molecular flexibility index (Phi) is 4.58. The quantitative estimate of drug-likeness (QED) is 0.541. The largest absolute Gasteiger partial charge is 0.458 e. The molecule has 2 bridgehead atoms. The molecule has 0 amide bonds. The summed E-state index contributed by atoms with van der Waals surface area (Å²) in [6.45, 7) is 9.55. The predicted molar refractivity (Wildman–Crippen MR) is 90.8 cm³/mol. The topological polar surface area (TPSA) is 52.6 Å². The van der Waals surface area contributed by atoms with Crippen LogP contribution in [0.15, 0.2) is 24.0 Å². The third kappa shape index (κ3) is 2.91. The van der Waals surface area contributed by atoms with E-state index in [1.807, 2.05) is 0 Å². The summed E-state index contributed by atoms with van der Waals surface area (Å²) in [5.41, 5.74) is 0.0897. The average Bonchev–Trinajstić information content (AvgIpc) is 3.10. The number of rotatable bonds is 6. The van der Waals surface area contributed by atoms with Gasteiger partial charge in [0.1, 0.15) is 11.4 Å². The second kappa shape index (κ2) is 6.38. The maximum atomic E-state index is 12.6. The molecule has 0 N–H and O–H groups in total. The molecule has 2 saturated carbocycles. The Balaban J connectivity index is 1.63. The molecule has 0 aromatic carbocycles. The molecule has 0 aromatic rings. The summed E-state index contributed by atoms with van der Waals surface area (Å²) in [7, 11) is 0. The van der Waals surface area contributed by atoms with Gasteiger partial charge < -0.3 is 9.47 Å². The molecule has 0 saturated heterocycles. The van der Waals surface area contributed by atoms with Crippen LogP contribution in [0, 0.1) is 23.7 Å². The normalized spacial score (nSPS) is 35.0. The summed E-state index contributed by atoms with van der Waals surface area (Å²) in [6, 6.07) is 0. The maximum absolute atomic E-state index is 12.6. The molecule has 2 fully saturated rings. The minimum absolute atomic E-state index is 0.155. The van der Waals surface area contributed by atoms with Crippen molar-refractivity contribution in [1.82, 2.24) is 0 Å². The molecular formula is C20H28O4. The monoisotopic (exact) mass is 332 g/mol. The van der Waals surface area contributed by atoms with Crippen LogP contribution in [0.4, 0.5) is 0 Å². The minimum Gasteiger partial charge on any atom is -0.458 e. The molecule has 5 unspecified atom stereocenters. The summed E-state index contributed by atoms with van der Waals surface area (Å²) in [5.74, 6) is 1.32. The molecule has 132 valence electrons. The lowest BCUT2D eigenvalue weighted by atomic mass is 9.74. The van der Waals surface area contributed by atoms with Crippen molar-refractivity contribution in [3.8, 4) is 0 Å². The number of ether oxygens (including phenoxy) is 2. The van der Waals surface area contributed by atoms with E-state index in [-0.39, 0.29) is 17.5 Å². The van der Waals surface area contributed by atoms with Gasteiger partial charge in [0, 0.05) is 12.0 Å². The van der Waals surface area contributed by atoms with Gasteiger partial charge in [-0.25, -0.2) is 4.79 Å². The lowest BCUT2D eigenvalue weighted by Crippen LogP contribution is -2.47. The van der Waals surface area contributed by atoms with Gasteiger partial charge in [0.2, 0.25) is 0 Å². The van der Waals surface area contributed by atoms with E-state index in [1.165, 1.54) is 19.3 Å². The number of hydrogen-bond donors (Lipinski definition) is 0. The van der Waals surface area contributed by atoms with Gasteiger partial charge in [-0.1, -0.05) is 20.4 Å². The summed E-state index contributed by atoms with van der Waals surface area (Å²) >= 11 is 0. The summed E-state index contributed by atoms with van der Waals surface area (Å²) in [4.78, 5) is 24.1. The number of hydrogen-bond acceptors (Lipinski definition) is 4. The van der Waals surface area contributed by atoms with Crippen molar-refractivity contribution < 1.29 is 19.1 Å². The first-order valence-electron chi connectivity index (χ1n) is 9.17. The molecule has 0 spiro atoms. The highest BCUT2D eigenvalue weighted by Crippen LogP contribution is 2.56. The van der Waals surface area contributed by atoms with E-state index in [2.05, 4.69) is 20.4 Å². The standard InChI is InChI=1S/C20H28O4/c1-5-13(4)20(11-14-6-7-16(20)8-14)24-19(22)15-9-17(10-15)23-18(21)12(2)3/h9,13-16H,2,5-8,10-11H2,1,3-4H3. The predicted octanol–water partition coefficient (Wildman–Crippen LogP) is 4.16. The van der Waals surface area contributed by atoms with Gasteiger partial charge in [0.25, 0.3) is 0 Å². The smallest absolute Gasteiger partial charge is 0.338 e. The first kappa shape index (κ1) is 17.2. The van der Waals surface area contributed by atoms with Crippen molar-refractivity contribution in [1.29, 1.82) is 0 Å². The van der Waals surface area contributed by atoms with E-state index in [9.17, 15) is 9.59 Å². The van der Waals surface area contributed by atoms with Gasteiger partial charge in [-0.05, 0) is 62.9 Å². The molecule has 24 heavy (non-hydrogen) atoms. The van der Waals surface area contributed by atoms with Crippen LogP contribution in [0.2, 0.25) is 0 Å². The zero-order valence-electron chi connectivity index (χ0n) is 15.0. The molecule has 4 heteroatoms. The van der Waals surface area contributed by atoms with Gasteiger partial charge in [-0.3, -0.25) is 4.79 Å². The average molecular weight is 332 g/mol. The third-order valence-corrected chi connectivity index (χ3v) is 6.26. The Labute approximate surface area is 144 Å². The van der Waals surface area contributed by atoms with Crippen LogP contribution in [0.5, 0.6) is 0 Å². The number of allylic oxidation sites excluding steroid dienone is 1. The molecule has 0 heterocycles. The van der Waals surface area contributed by atoms with Crippen molar-refractivity contribution >= 4 is 11.9 Å². The van der Waals surface area contributed by atoms with Crippen molar-refractivity contribution in [3.63, 3.8) is 0 Å². The van der Waals surface area contributed by atoms with Crippen molar-refractivity contribution in [2.24, 2.45) is 23.7 Å². The van der Waals surface area contributed by atoms with Crippen LogP contribution in [0.25, 0.3) is 0 Å². The first-order chi connectivity index (χ1) is 11.4.